The van der Waals surface area contributed by atoms with E-state index in [9.17, 15) is 35.9 Å². The fourth-order valence-electron chi connectivity index (χ4n) is 3.91. The number of nitrogens with one attached hydrogen (secondary N) is 1. The number of aromatic nitrogens is 2. The Kier molecular flexibility index (Phi) is 6.26. The smallest absolute Gasteiger partial charge is 0.449 e. The van der Waals surface area contributed by atoms with Crippen molar-refractivity contribution in [1.29, 1.82) is 0 Å². The number of pyridine rings is 1. The Hall–Kier alpha value is -3.19. The van der Waals surface area contributed by atoms with Crippen molar-refractivity contribution in [2.24, 2.45) is 0 Å². The van der Waals surface area contributed by atoms with Crippen LogP contribution in [0.25, 0.3) is 22.3 Å². The van der Waals surface area contributed by atoms with Gasteiger partial charge in [-0.2, -0.15) is 17.9 Å². The quantitative estimate of drug-likeness (QED) is 0.347. The molecule has 35 heavy (non-hydrogen) atoms. The molecule has 2 N–H and O–H groups in total. The summed E-state index contributed by atoms with van der Waals surface area (Å²) >= 11 is 0. The molecular weight excluding hydrogens is 494 g/mol. The van der Waals surface area contributed by atoms with Crippen LogP contribution in [0.3, 0.4) is 0 Å². The lowest BCUT2D eigenvalue weighted by atomic mass is 9.92. The first-order valence-corrected chi connectivity index (χ1v) is 12.1. The molecule has 1 atom stereocenters. The molecule has 2 heterocycles. The first-order chi connectivity index (χ1) is 16.3. The summed E-state index contributed by atoms with van der Waals surface area (Å²) in [5.74, 6) is -0.727. The average Bonchev–Trinajstić information content (AvgIpc) is 2.98. The van der Waals surface area contributed by atoms with Crippen LogP contribution in [-0.4, -0.2) is 41.4 Å². The number of ether oxygens (including phenoxy) is 1. The minimum absolute atomic E-state index is 0.0528. The van der Waals surface area contributed by atoms with Crippen LogP contribution in [0.2, 0.25) is 0 Å². The zero-order valence-corrected chi connectivity index (χ0v) is 19.4. The number of alkyl halides is 3. The molecule has 8 nitrogen and oxygen atoms in total. The second-order valence-corrected chi connectivity index (χ2v) is 10.1. The van der Waals surface area contributed by atoms with Crippen LogP contribution in [0.4, 0.5) is 22.4 Å². The van der Waals surface area contributed by atoms with Crippen molar-refractivity contribution in [3.63, 3.8) is 0 Å². The van der Waals surface area contributed by atoms with Crippen LogP contribution >= 0.6 is 0 Å². The Morgan fingerprint density at radius 1 is 1.29 bits per heavy atom. The molecule has 1 aliphatic rings. The lowest BCUT2D eigenvalue weighted by molar-refractivity contribution is -0.147. The maximum absolute atomic E-state index is 14.4. The van der Waals surface area contributed by atoms with Crippen molar-refractivity contribution in [3.8, 4) is 17.1 Å². The molecule has 0 aliphatic heterocycles. The van der Waals surface area contributed by atoms with Crippen molar-refractivity contribution < 1.29 is 40.6 Å². The second-order valence-electron chi connectivity index (χ2n) is 8.38. The number of sulfonamides is 1. The molecule has 0 unspecified atom stereocenters. The van der Waals surface area contributed by atoms with Crippen molar-refractivity contribution in [2.75, 3.05) is 0 Å². The van der Waals surface area contributed by atoms with E-state index in [4.69, 9.17) is 4.74 Å². The SMILES string of the molecule is Cc1cc2c(cc1F)c(OC(=O)O)c(-c1ccc(S(=O)(=O)N[C@@H](C)C(F)(F)F)cn1)n2C1CCC1. The third-order valence-corrected chi connectivity index (χ3v) is 7.50. The summed E-state index contributed by atoms with van der Waals surface area (Å²) in [6, 6.07) is 2.68. The van der Waals surface area contributed by atoms with E-state index < -0.39 is 39.1 Å². The maximum Gasteiger partial charge on any atom is 0.511 e. The monoisotopic (exact) mass is 515 g/mol. The highest BCUT2D eigenvalue weighted by atomic mass is 32.2. The second kappa shape index (κ2) is 8.79. The van der Waals surface area contributed by atoms with Crippen molar-refractivity contribution in [1.82, 2.24) is 14.3 Å². The highest BCUT2D eigenvalue weighted by Gasteiger charge is 2.39. The molecule has 1 fully saturated rings. The highest BCUT2D eigenvalue weighted by molar-refractivity contribution is 7.89. The van der Waals surface area contributed by atoms with Crippen LogP contribution < -0.4 is 9.46 Å². The number of aryl methyl sites for hydroxylation is 1. The molecule has 4 rings (SSSR count). The normalized spacial score (nSPS) is 15.7. The van der Waals surface area contributed by atoms with E-state index in [2.05, 4.69) is 4.98 Å². The van der Waals surface area contributed by atoms with Gasteiger partial charge < -0.3 is 14.4 Å². The van der Waals surface area contributed by atoms with Gasteiger partial charge in [0.05, 0.1) is 11.2 Å². The van der Waals surface area contributed by atoms with Gasteiger partial charge in [0.25, 0.3) is 0 Å². The van der Waals surface area contributed by atoms with Gasteiger partial charge in [-0.3, -0.25) is 4.98 Å². The Labute approximate surface area is 197 Å². The van der Waals surface area contributed by atoms with E-state index in [1.807, 2.05) is 0 Å². The number of nitrogens with zero attached hydrogens (tertiary/aromatic N) is 2. The zero-order valence-electron chi connectivity index (χ0n) is 18.6. The predicted molar refractivity (Wildman–Crippen MR) is 117 cm³/mol. The van der Waals surface area contributed by atoms with Gasteiger partial charge in [-0.25, -0.2) is 17.6 Å². The number of carboxylic acid groups (broad SMARTS) is 1. The van der Waals surface area contributed by atoms with Gasteiger partial charge in [0.1, 0.15) is 22.4 Å². The van der Waals surface area contributed by atoms with E-state index in [0.29, 0.717) is 18.0 Å². The third kappa shape index (κ3) is 4.69. The van der Waals surface area contributed by atoms with E-state index >= 15 is 0 Å². The van der Waals surface area contributed by atoms with E-state index in [0.717, 1.165) is 31.5 Å². The summed E-state index contributed by atoms with van der Waals surface area (Å²) in [5.41, 5.74) is 1.19. The lowest BCUT2D eigenvalue weighted by Gasteiger charge is -2.30. The lowest BCUT2D eigenvalue weighted by Crippen LogP contribution is -2.42. The number of hydrogen-bond donors (Lipinski definition) is 2. The van der Waals surface area contributed by atoms with E-state index in [1.165, 1.54) is 12.1 Å². The molecule has 1 aromatic carbocycles. The van der Waals surface area contributed by atoms with Gasteiger partial charge in [-0.15, -0.1) is 0 Å². The molecule has 0 spiro atoms. The minimum atomic E-state index is -4.78. The summed E-state index contributed by atoms with van der Waals surface area (Å²) in [6.07, 6.45) is -3.08. The summed E-state index contributed by atoms with van der Waals surface area (Å²) < 4.78 is 86.0. The van der Waals surface area contributed by atoms with Crippen LogP contribution in [0.5, 0.6) is 5.75 Å². The molecule has 0 bridgehead atoms. The number of rotatable bonds is 6. The Bertz CT molecular complexity index is 1400. The van der Waals surface area contributed by atoms with Gasteiger partial charge in [-0.1, -0.05) is 0 Å². The number of carbonyl (C=O) groups is 1. The largest absolute Gasteiger partial charge is 0.511 e. The molecule has 0 saturated heterocycles. The average molecular weight is 515 g/mol. The molecule has 3 aromatic rings. The standard InChI is InChI=1S/C22H21F4N3O5S/c1-11-8-18-15(9-16(11)23)20(34-21(30)31)19(29(18)13-4-3-5-13)17-7-6-14(10-27-17)35(32,33)28-12(2)22(24,25)26/h6-10,12-13,28H,3-5H2,1-2H3,(H,30,31)/t12-/m0/s1. The summed E-state index contributed by atoms with van der Waals surface area (Å²) in [5, 5.41) is 9.52. The third-order valence-electron chi connectivity index (χ3n) is 5.98. The molecule has 13 heteroatoms. The maximum atomic E-state index is 14.4. The first kappa shape index (κ1) is 24.9. The number of halogens is 4. The van der Waals surface area contributed by atoms with Crippen molar-refractivity contribution in [2.45, 2.75) is 56.3 Å². The topological polar surface area (TPSA) is 111 Å². The van der Waals surface area contributed by atoms with E-state index in [1.54, 1.807) is 22.3 Å². The van der Waals surface area contributed by atoms with Gasteiger partial charge in [0.2, 0.25) is 10.0 Å². The molecular formula is C22H21F4N3O5S. The predicted octanol–water partition coefficient (Wildman–Crippen LogP) is 5.16. The van der Waals surface area contributed by atoms with Crippen molar-refractivity contribution in [3.05, 3.63) is 41.8 Å². The number of hydrogen-bond acceptors (Lipinski definition) is 5. The van der Waals surface area contributed by atoms with Crippen LogP contribution in [0.1, 0.15) is 37.8 Å². The molecule has 0 amide bonds. The highest BCUT2D eigenvalue weighted by Crippen LogP contribution is 2.46. The molecule has 0 radical (unpaired) electrons. The minimum Gasteiger partial charge on any atom is -0.449 e. The van der Waals surface area contributed by atoms with Gasteiger partial charge in [0, 0.05) is 17.6 Å². The molecule has 188 valence electrons. The fourth-order valence-corrected chi connectivity index (χ4v) is 5.08. The molecule has 1 aliphatic carbocycles. The summed E-state index contributed by atoms with van der Waals surface area (Å²) in [4.78, 5) is 15.1. The fraction of sp³-hybridized carbons (Fsp3) is 0.364. The van der Waals surface area contributed by atoms with Crippen LogP contribution in [0.15, 0.2) is 35.4 Å². The van der Waals surface area contributed by atoms with Crippen molar-refractivity contribution >= 4 is 27.1 Å². The Morgan fingerprint density at radius 2 is 1.97 bits per heavy atom. The van der Waals surface area contributed by atoms with E-state index in [-0.39, 0.29) is 28.6 Å². The molecule has 1 saturated carbocycles. The Balaban J connectivity index is 1.85. The first-order valence-electron chi connectivity index (χ1n) is 10.6. The van der Waals surface area contributed by atoms with Gasteiger partial charge in [0.15, 0.2) is 5.75 Å². The Morgan fingerprint density at radius 3 is 2.49 bits per heavy atom. The summed E-state index contributed by atoms with van der Waals surface area (Å²) in [7, 11) is -4.54. The van der Waals surface area contributed by atoms with Crippen LogP contribution in [-0.2, 0) is 10.0 Å². The summed E-state index contributed by atoms with van der Waals surface area (Å²) in [6.45, 7) is 2.24. The number of fused-ring (bicyclic) bond motifs is 1. The molecule has 2 aromatic heterocycles. The number of benzene rings is 1. The zero-order chi connectivity index (χ0) is 25.7. The van der Waals surface area contributed by atoms with Gasteiger partial charge >= 0.3 is 12.3 Å². The van der Waals surface area contributed by atoms with Crippen LogP contribution in [0, 0.1) is 12.7 Å². The van der Waals surface area contributed by atoms with Gasteiger partial charge in [-0.05, 0) is 62.9 Å².